The summed E-state index contributed by atoms with van der Waals surface area (Å²) in [5.74, 6) is -0.240. The number of hydrogen-bond acceptors (Lipinski definition) is 3. The minimum atomic E-state index is -1.00. The topological polar surface area (TPSA) is 43.4 Å². The number of aryl methyl sites for hydroxylation is 1. The summed E-state index contributed by atoms with van der Waals surface area (Å²) in [5.41, 5.74) is 7.57. The fraction of sp³-hybridized carbons (Fsp3) is 0.458. The van der Waals surface area contributed by atoms with E-state index in [4.69, 9.17) is 0 Å². The molecule has 2 aromatic carbocycles. The van der Waals surface area contributed by atoms with Gasteiger partial charge in [-0.1, -0.05) is 42.5 Å². The number of hydrogen-bond donors (Lipinski definition) is 0. The summed E-state index contributed by atoms with van der Waals surface area (Å²) in [6.07, 6.45) is 7.28. The van der Waals surface area contributed by atoms with Crippen molar-refractivity contribution < 1.29 is 28.8 Å². The molecule has 142 valence electrons. The molecule has 0 saturated heterocycles. The largest absolute Gasteiger partial charge is 1.00 e. The number of rotatable bonds is 5. The number of carbonyl (C=O) groups is 1. The van der Waals surface area contributed by atoms with Gasteiger partial charge in [-0.05, 0) is 79.3 Å². The average molecular weight is 369 g/mol. The Morgan fingerprint density at radius 1 is 1.04 bits per heavy atom. The zero-order valence-corrected chi connectivity index (χ0v) is 17.1. The van der Waals surface area contributed by atoms with Crippen molar-refractivity contribution in [2.75, 3.05) is 20.1 Å². The second-order valence-corrected chi connectivity index (χ2v) is 8.23. The Hall–Kier alpha value is -1.53. The summed E-state index contributed by atoms with van der Waals surface area (Å²) in [4.78, 5) is 12.9. The fourth-order valence-electron chi connectivity index (χ4n) is 5.25. The van der Waals surface area contributed by atoms with Crippen molar-refractivity contribution in [3.05, 3.63) is 70.3 Å². The van der Waals surface area contributed by atoms with Gasteiger partial charge in [-0.2, -0.15) is 0 Å². The van der Waals surface area contributed by atoms with E-state index < -0.39 is 5.97 Å². The Morgan fingerprint density at radius 2 is 1.79 bits per heavy atom. The van der Waals surface area contributed by atoms with Gasteiger partial charge in [0.15, 0.2) is 0 Å². The summed E-state index contributed by atoms with van der Waals surface area (Å²) < 4.78 is 0. The first-order chi connectivity index (χ1) is 13.1. The van der Waals surface area contributed by atoms with Crippen molar-refractivity contribution in [2.45, 2.75) is 44.4 Å². The Bertz CT molecular complexity index is 821. The average Bonchev–Trinajstić information content (AvgIpc) is 2.67. The molecule has 0 N–H and O–H groups in total. The van der Waals surface area contributed by atoms with E-state index in [0.29, 0.717) is 11.8 Å². The minimum absolute atomic E-state index is 0. The molecule has 2 unspecified atom stereocenters. The number of fused-ring (bicyclic) bond motifs is 3. The number of carboxylic acids is 1. The third-order valence-corrected chi connectivity index (χ3v) is 6.36. The Morgan fingerprint density at radius 3 is 2.54 bits per heavy atom. The molecule has 4 rings (SSSR count). The molecule has 2 atom stereocenters. The van der Waals surface area contributed by atoms with Gasteiger partial charge in [0.05, 0.1) is 5.97 Å². The van der Waals surface area contributed by atoms with Crippen LogP contribution >= 0.6 is 0 Å². The maximum absolute atomic E-state index is 11.0. The van der Waals surface area contributed by atoms with Gasteiger partial charge in [0, 0.05) is 19.0 Å². The van der Waals surface area contributed by atoms with E-state index in [1.807, 2.05) is 11.9 Å². The molecule has 0 heterocycles. The molecule has 3 nitrogen and oxygen atoms in total. The van der Waals surface area contributed by atoms with Crippen molar-refractivity contribution in [3.63, 3.8) is 0 Å². The predicted octanol–water partition coefficient (Wildman–Crippen LogP) is -0.0546. The molecule has 2 aromatic rings. The van der Waals surface area contributed by atoms with E-state index in [0.717, 1.165) is 19.4 Å². The van der Waals surface area contributed by atoms with Crippen molar-refractivity contribution in [1.29, 1.82) is 0 Å². The Labute approximate surface area is 180 Å². The van der Waals surface area contributed by atoms with Crippen molar-refractivity contribution in [3.8, 4) is 0 Å². The Kier molecular flexibility index (Phi) is 7.04. The standard InChI is InChI=1S/C24H29NO2.Li/c1-25(16-23(26)27)15-19-12-13-21-20-10-6-5-7-17(20)11-14-22(21)24(19)18-8-3-2-4-9-18;/h2-4,8-9,11,14,19,24H,5-7,10,12-13,15-16H2,1H3,(H,26,27);/q;+1/p-1. The summed E-state index contributed by atoms with van der Waals surface area (Å²) >= 11 is 0. The van der Waals surface area contributed by atoms with Crippen LogP contribution in [0.15, 0.2) is 42.5 Å². The first-order valence-electron chi connectivity index (χ1n) is 10.2. The number of likely N-dealkylation sites (N-methyl/N-ethyl adjacent to an activating group) is 1. The number of carboxylic acid groups (broad SMARTS) is 1. The van der Waals surface area contributed by atoms with Gasteiger partial charge in [0.1, 0.15) is 0 Å². The SMILES string of the molecule is CN(CC(=O)[O-])CC1CCc2c(ccc3c2CCCC3)C1c1ccccc1.[Li+]. The van der Waals surface area contributed by atoms with Crippen molar-refractivity contribution in [2.24, 2.45) is 5.92 Å². The molecule has 0 saturated carbocycles. The van der Waals surface area contributed by atoms with E-state index >= 15 is 0 Å². The summed E-state index contributed by atoms with van der Waals surface area (Å²) in [5, 5.41) is 11.0. The van der Waals surface area contributed by atoms with Gasteiger partial charge in [-0.15, -0.1) is 0 Å². The maximum atomic E-state index is 11.0. The number of carbonyl (C=O) groups excluding carboxylic acids is 1. The first-order valence-corrected chi connectivity index (χ1v) is 10.2. The van der Waals surface area contributed by atoms with E-state index in [1.54, 1.807) is 16.7 Å². The van der Waals surface area contributed by atoms with Crippen LogP contribution in [0, 0.1) is 5.92 Å². The van der Waals surface area contributed by atoms with E-state index in [2.05, 4.69) is 42.5 Å². The normalized spacial score (nSPS) is 20.8. The van der Waals surface area contributed by atoms with E-state index in [1.165, 1.54) is 36.8 Å². The molecule has 0 bridgehead atoms. The van der Waals surface area contributed by atoms with Crippen LogP contribution in [0.2, 0.25) is 0 Å². The van der Waals surface area contributed by atoms with Gasteiger partial charge in [0.25, 0.3) is 0 Å². The van der Waals surface area contributed by atoms with Crippen LogP contribution in [-0.2, 0) is 24.1 Å². The maximum Gasteiger partial charge on any atom is 1.00 e. The molecule has 2 aliphatic carbocycles. The van der Waals surface area contributed by atoms with Crippen LogP contribution in [-0.4, -0.2) is 31.0 Å². The number of nitrogens with zero attached hydrogens (tertiary/aromatic N) is 1. The predicted molar refractivity (Wildman–Crippen MR) is 106 cm³/mol. The minimum Gasteiger partial charge on any atom is -0.549 e. The van der Waals surface area contributed by atoms with Gasteiger partial charge >= 0.3 is 18.9 Å². The molecule has 2 aliphatic rings. The molecule has 0 aromatic heterocycles. The van der Waals surface area contributed by atoms with Crippen LogP contribution in [0.1, 0.15) is 53.0 Å². The van der Waals surface area contributed by atoms with E-state index in [9.17, 15) is 9.90 Å². The van der Waals surface area contributed by atoms with Crippen LogP contribution in [0.25, 0.3) is 0 Å². The second kappa shape index (κ2) is 9.31. The van der Waals surface area contributed by atoms with Gasteiger partial charge in [0.2, 0.25) is 0 Å². The van der Waals surface area contributed by atoms with Gasteiger partial charge in [-0.25, -0.2) is 0 Å². The molecule has 0 spiro atoms. The van der Waals surface area contributed by atoms with Crippen LogP contribution in [0.3, 0.4) is 0 Å². The summed E-state index contributed by atoms with van der Waals surface area (Å²) in [6, 6.07) is 15.5. The molecular formula is C24H28LiNO2. The van der Waals surface area contributed by atoms with Crippen molar-refractivity contribution in [1.82, 2.24) is 4.90 Å². The third kappa shape index (κ3) is 4.38. The quantitative estimate of drug-likeness (QED) is 0.694. The van der Waals surface area contributed by atoms with Gasteiger partial charge < -0.3 is 14.8 Å². The third-order valence-electron chi connectivity index (χ3n) is 6.36. The van der Waals surface area contributed by atoms with Crippen molar-refractivity contribution >= 4 is 5.97 Å². The number of benzene rings is 2. The summed E-state index contributed by atoms with van der Waals surface area (Å²) in [7, 11) is 1.89. The Balaban J connectivity index is 0.00000225. The molecular weight excluding hydrogens is 341 g/mol. The smallest absolute Gasteiger partial charge is 0.549 e. The molecule has 0 radical (unpaired) electrons. The zero-order chi connectivity index (χ0) is 18.8. The molecule has 0 aliphatic heterocycles. The van der Waals surface area contributed by atoms with Crippen LogP contribution in [0.4, 0.5) is 0 Å². The van der Waals surface area contributed by atoms with Crippen LogP contribution in [0.5, 0.6) is 0 Å². The van der Waals surface area contributed by atoms with Gasteiger partial charge in [-0.3, -0.25) is 0 Å². The molecule has 28 heavy (non-hydrogen) atoms. The fourth-order valence-corrected chi connectivity index (χ4v) is 5.25. The molecule has 0 fully saturated rings. The van der Waals surface area contributed by atoms with Crippen LogP contribution < -0.4 is 24.0 Å². The number of aliphatic carboxylic acids is 1. The van der Waals surface area contributed by atoms with E-state index in [-0.39, 0.29) is 25.4 Å². The first kappa shape index (κ1) is 21.2. The summed E-state index contributed by atoms with van der Waals surface area (Å²) in [6.45, 7) is 0.777. The molecule has 4 heteroatoms. The zero-order valence-electron chi connectivity index (χ0n) is 17.1. The molecule has 0 amide bonds. The second-order valence-electron chi connectivity index (χ2n) is 8.23. The monoisotopic (exact) mass is 369 g/mol.